The minimum absolute atomic E-state index is 0.829. The van der Waals surface area contributed by atoms with Gasteiger partial charge in [0.25, 0.3) is 0 Å². The molecule has 3 nitrogen and oxygen atoms in total. The van der Waals surface area contributed by atoms with Crippen LogP contribution in [0, 0.1) is 0 Å². The van der Waals surface area contributed by atoms with E-state index in [1.165, 1.54) is 5.69 Å². The Balaban J connectivity index is 2.06. The highest BCUT2D eigenvalue weighted by atomic mass is 32.1. The largest absolute Gasteiger partial charge is 0.494 e. The quantitative estimate of drug-likeness (QED) is 0.726. The molecule has 1 heterocycles. The average Bonchev–Trinajstić information content (AvgIpc) is 2.91. The molecule has 0 saturated heterocycles. The second kappa shape index (κ2) is 5.13. The molecule has 0 saturated carbocycles. The standard InChI is InChI=1S/C16H16N2OS/c1-18(2)12-9-7-11(8-10-12)16-17-15-13(19-3)5-4-6-14(15)20-16/h4-10H,1-3H3. The van der Waals surface area contributed by atoms with Crippen molar-refractivity contribution in [2.45, 2.75) is 0 Å². The van der Waals surface area contributed by atoms with Crippen LogP contribution in [-0.2, 0) is 0 Å². The van der Waals surface area contributed by atoms with Crippen molar-refractivity contribution in [2.75, 3.05) is 26.1 Å². The van der Waals surface area contributed by atoms with E-state index in [-0.39, 0.29) is 0 Å². The molecule has 0 aliphatic carbocycles. The number of para-hydroxylation sites is 1. The van der Waals surface area contributed by atoms with Gasteiger partial charge in [-0.25, -0.2) is 4.98 Å². The lowest BCUT2D eigenvalue weighted by atomic mass is 10.2. The van der Waals surface area contributed by atoms with E-state index in [2.05, 4.69) is 35.2 Å². The van der Waals surface area contributed by atoms with Gasteiger partial charge in [0.05, 0.1) is 11.8 Å². The first kappa shape index (κ1) is 12.9. The molecule has 0 radical (unpaired) electrons. The predicted molar refractivity (Wildman–Crippen MR) is 85.9 cm³/mol. The molecule has 4 heteroatoms. The summed E-state index contributed by atoms with van der Waals surface area (Å²) in [6.07, 6.45) is 0. The Kier molecular flexibility index (Phi) is 3.32. The fraction of sp³-hybridized carbons (Fsp3) is 0.188. The highest BCUT2D eigenvalue weighted by Crippen LogP contribution is 2.34. The highest BCUT2D eigenvalue weighted by Gasteiger charge is 2.10. The molecule has 0 bridgehead atoms. The van der Waals surface area contributed by atoms with E-state index in [4.69, 9.17) is 9.72 Å². The fourth-order valence-corrected chi connectivity index (χ4v) is 3.10. The van der Waals surface area contributed by atoms with Crippen LogP contribution in [0.5, 0.6) is 5.75 Å². The summed E-state index contributed by atoms with van der Waals surface area (Å²) in [7, 11) is 5.76. The number of hydrogen-bond donors (Lipinski definition) is 0. The zero-order chi connectivity index (χ0) is 14.1. The Morgan fingerprint density at radius 2 is 1.80 bits per heavy atom. The van der Waals surface area contributed by atoms with Crippen LogP contribution in [-0.4, -0.2) is 26.2 Å². The molecule has 0 unspecified atom stereocenters. The number of rotatable bonds is 3. The Morgan fingerprint density at radius 1 is 1.05 bits per heavy atom. The third kappa shape index (κ3) is 2.23. The minimum atomic E-state index is 0.829. The first-order valence-corrected chi connectivity index (χ1v) is 7.22. The van der Waals surface area contributed by atoms with E-state index < -0.39 is 0 Å². The zero-order valence-electron chi connectivity index (χ0n) is 11.8. The van der Waals surface area contributed by atoms with Crippen LogP contribution < -0.4 is 9.64 Å². The first-order valence-electron chi connectivity index (χ1n) is 6.40. The minimum Gasteiger partial charge on any atom is -0.494 e. The second-order valence-electron chi connectivity index (χ2n) is 4.77. The van der Waals surface area contributed by atoms with Crippen LogP contribution >= 0.6 is 11.3 Å². The number of fused-ring (bicyclic) bond motifs is 1. The van der Waals surface area contributed by atoms with Gasteiger partial charge in [-0.05, 0) is 36.4 Å². The van der Waals surface area contributed by atoms with Gasteiger partial charge in [-0.3, -0.25) is 0 Å². The molecule has 1 aromatic heterocycles. The van der Waals surface area contributed by atoms with Gasteiger partial charge in [-0.15, -0.1) is 11.3 Å². The molecule has 3 aromatic rings. The van der Waals surface area contributed by atoms with Crippen molar-refractivity contribution in [2.24, 2.45) is 0 Å². The van der Waals surface area contributed by atoms with Crippen LogP contribution in [0.2, 0.25) is 0 Å². The third-order valence-electron chi connectivity index (χ3n) is 3.23. The van der Waals surface area contributed by atoms with Gasteiger partial charge in [0.15, 0.2) is 0 Å². The molecule has 0 N–H and O–H groups in total. The maximum absolute atomic E-state index is 5.36. The number of ether oxygens (including phenoxy) is 1. The topological polar surface area (TPSA) is 25.4 Å². The molecule has 0 amide bonds. The summed E-state index contributed by atoms with van der Waals surface area (Å²) in [4.78, 5) is 6.80. The molecule has 3 rings (SSSR count). The lowest BCUT2D eigenvalue weighted by Gasteiger charge is -2.11. The predicted octanol–water partition coefficient (Wildman–Crippen LogP) is 4.04. The van der Waals surface area contributed by atoms with Crippen LogP contribution in [0.15, 0.2) is 42.5 Å². The fourth-order valence-electron chi connectivity index (χ4n) is 2.11. The van der Waals surface area contributed by atoms with Gasteiger partial charge in [-0.1, -0.05) is 6.07 Å². The number of aromatic nitrogens is 1. The second-order valence-corrected chi connectivity index (χ2v) is 5.80. The van der Waals surface area contributed by atoms with E-state index in [0.717, 1.165) is 26.5 Å². The summed E-state index contributed by atoms with van der Waals surface area (Å²) < 4.78 is 6.51. The van der Waals surface area contributed by atoms with Crippen molar-refractivity contribution in [3.05, 3.63) is 42.5 Å². The van der Waals surface area contributed by atoms with Crippen molar-refractivity contribution in [1.29, 1.82) is 0 Å². The van der Waals surface area contributed by atoms with Crippen molar-refractivity contribution >= 4 is 27.2 Å². The number of benzene rings is 2. The van der Waals surface area contributed by atoms with Crippen LogP contribution in [0.3, 0.4) is 0 Å². The summed E-state index contributed by atoms with van der Waals surface area (Å²) in [6.45, 7) is 0. The lowest BCUT2D eigenvalue weighted by molar-refractivity contribution is 0.419. The molecule has 0 aliphatic rings. The van der Waals surface area contributed by atoms with Crippen molar-refractivity contribution in [1.82, 2.24) is 4.98 Å². The molecular weight excluding hydrogens is 268 g/mol. The molecule has 0 fully saturated rings. The van der Waals surface area contributed by atoms with Gasteiger partial charge in [-0.2, -0.15) is 0 Å². The Bertz CT molecular complexity index is 732. The van der Waals surface area contributed by atoms with Gasteiger partial charge in [0.2, 0.25) is 0 Å². The van der Waals surface area contributed by atoms with E-state index in [9.17, 15) is 0 Å². The van der Waals surface area contributed by atoms with E-state index in [1.54, 1.807) is 18.4 Å². The van der Waals surface area contributed by atoms with Gasteiger partial charge >= 0.3 is 0 Å². The third-order valence-corrected chi connectivity index (χ3v) is 4.30. The van der Waals surface area contributed by atoms with Gasteiger partial charge < -0.3 is 9.64 Å². The summed E-state index contributed by atoms with van der Waals surface area (Å²) in [5.74, 6) is 0.829. The lowest BCUT2D eigenvalue weighted by Crippen LogP contribution is -2.07. The van der Waals surface area contributed by atoms with Crippen LogP contribution in [0.25, 0.3) is 20.8 Å². The number of hydrogen-bond acceptors (Lipinski definition) is 4. The van der Waals surface area contributed by atoms with Gasteiger partial charge in [0.1, 0.15) is 16.3 Å². The van der Waals surface area contributed by atoms with Crippen LogP contribution in [0.1, 0.15) is 0 Å². The zero-order valence-corrected chi connectivity index (χ0v) is 12.6. The molecule has 102 valence electrons. The van der Waals surface area contributed by atoms with E-state index in [1.807, 2.05) is 26.2 Å². The van der Waals surface area contributed by atoms with E-state index >= 15 is 0 Å². The molecule has 0 aliphatic heterocycles. The van der Waals surface area contributed by atoms with Crippen molar-refractivity contribution in [3.63, 3.8) is 0 Å². The molecule has 20 heavy (non-hydrogen) atoms. The van der Waals surface area contributed by atoms with Crippen molar-refractivity contribution < 1.29 is 4.74 Å². The smallest absolute Gasteiger partial charge is 0.145 e. The maximum atomic E-state index is 5.36. The molecule has 0 atom stereocenters. The molecular formula is C16H16N2OS. The number of nitrogens with zero attached hydrogens (tertiary/aromatic N) is 2. The molecule has 2 aromatic carbocycles. The Morgan fingerprint density at radius 3 is 2.45 bits per heavy atom. The highest BCUT2D eigenvalue weighted by molar-refractivity contribution is 7.21. The van der Waals surface area contributed by atoms with E-state index in [0.29, 0.717) is 0 Å². The Hall–Kier alpha value is -2.07. The first-order chi connectivity index (χ1) is 9.69. The van der Waals surface area contributed by atoms with Crippen LogP contribution in [0.4, 0.5) is 5.69 Å². The summed E-state index contributed by atoms with van der Waals surface area (Å²) in [5, 5.41) is 1.02. The number of thiazole rings is 1. The van der Waals surface area contributed by atoms with Gasteiger partial charge in [0, 0.05) is 25.3 Å². The summed E-state index contributed by atoms with van der Waals surface area (Å²) in [6, 6.07) is 14.5. The SMILES string of the molecule is COc1cccc2sc(-c3ccc(N(C)C)cc3)nc12. The normalized spacial score (nSPS) is 10.8. The van der Waals surface area contributed by atoms with Crippen molar-refractivity contribution in [3.8, 4) is 16.3 Å². The summed E-state index contributed by atoms with van der Waals surface area (Å²) >= 11 is 1.69. The average molecular weight is 284 g/mol. The maximum Gasteiger partial charge on any atom is 0.145 e. The summed E-state index contributed by atoms with van der Waals surface area (Å²) in [5.41, 5.74) is 3.26. The molecule has 0 spiro atoms. The monoisotopic (exact) mass is 284 g/mol. The Labute approximate surface area is 122 Å². The number of methoxy groups -OCH3 is 1. The number of anilines is 1.